The smallest absolute Gasteiger partial charge is 0.306 e. The molecule has 4 heteroatoms. The van der Waals surface area contributed by atoms with Crippen molar-refractivity contribution in [2.24, 2.45) is 5.92 Å². The van der Waals surface area contributed by atoms with Gasteiger partial charge in [-0.25, -0.2) is 0 Å². The molecule has 0 amide bonds. The summed E-state index contributed by atoms with van der Waals surface area (Å²) in [5, 5.41) is 9.74. The molecule has 0 atom stereocenters. The van der Waals surface area contributed by atoms with Crippen LogP contribution >= 0.6 is 11.6 Å². The molecule has 98 valence electrons. The summed E-state index contributed by atoms with van der Waals surface area (Å²) in [6.07, 6.45) is 1.49. The van der Waals surface area contributed by atoms with E-state index in [2.05, 4.69) is 11.0 Å². The van der Waals surface area contributed by atoms with Gasteiger partial charge in [-0.1, -0.05) is 23.7 Å². The first-order chi connectivity index (χ1) is 8.56. The first kappa shape index (κ1) is 13.4. The van der Waals surface area contributed by atoms with Crippen LogP contribution in [0.3, 0.4) is 0 Å². The summed E-state index contributed by atoms with van der Waals surface area (Å²) < 4.78 is 0. The highest BCUT2D eigenvalue weighted by Crippen LogP contribution is 2.21. The van der Waals surface area contributed by atoms with Gasteiger partial charge in [0, 0.05) is 11.6 Å². The molecule has 1 saturated heterocycles. The molecule has 1 aromatic carbocycles. The molecular formula is C14H18ClNO2. The van der Waals surface area contributed by atoms with Gasteiger partial charge < -0.3 is 5.11 Å². The van der Waals surface area contributed by atoms with E-state index in [0.717, 1.165) is 43.1 Å². The zero-order chi connectivity index (χ0) is 13.1. The summed E-state index contributed by atoms with van der Waals surface area (Å²) in [6, 6.07) is 6.12. The lowest BCUT2D eigenvalue weighted by atomic mass is 9.97. The van der Waals surface area contributed by atoms with Crippen LogP contribution in [0.15, 0.2) is 18.2 Å². The first-order valence-corrected chi connectivity index (χ1v) is 6.64. The molecule has 0 radical (unpaired) electrons. The van der Waals surface area contributed by atoms with Gasteiger partial charge in [-0.05, 0) is 50.0 Å². The molecule has 0 aromatic heterocycles. The molecule has 0 spiro atoms. The van der Waals surface area contributed by atoms with Gasteiger partial charge in [0.15, 0.2) is 0 Å². The van der Waals surface area contributed by atoms with Crippen molar-refractivity contribution in [1.82, 2.24) is 4.90 Å². The molecule has 0 bridgehead atoms. The number of piperidine rings is 1. The number of likely N-dealkylation sites (tertiary alicyclic amines) is 1. The maximum absolute atomic E-state index is 10.9. The van der Waals surface area contributed by atoms with Crippen LogP contribution in [-0.4, -0.2) is 29.1 Å². The molecule has 1 aromatic rings. The number of rotatable bonds is 3. The Kier molecular flexibility index (Phi) is 4.25. The lowest BCUT2D eigenvalue weighted by Crippen LogP contribution is -2.35. The van der Waals surface area contributed by atoms with Crippen molar-refractivity contribution in [1.29, 1.82) is 0 Å². The molecule has 1 fully saturated rings. The zero-order valence-electron chi connectivity index (χ0n) is 10.5. The van der Waals surface area contributed by atoms with Crippen LogP contribution in [0, 0.1) is 12.8 Å². The normalized spacial score (nSPS) is 17.9. The van der Waals surface area contributed by atoms with E-state index in [-0.39, 0.29) is 5.92 Å². The second-order valence-corrected chi connectivity index (χ2v) is 5.38. The average molecular weight is 268 g/mol. The van der Waals surface area contributed by atoms with E-state index >= 15 is 0 Å². The number of aryl methyl sites for hydroxylation is 1. The zero-order valence-corrected chi connectivity index (χ0v) is 11.3. The molecule has 2 rings (SSSR count). The van der Waals surface area contributed by atoms with Gasteiger partial charge in [0.25, 0.3) is 0 Å². The standard InChI is InChI=1S/C14H18ClNO2/c1-10-2-3-11(8-13(10)15)9-16-6-4-12(5-7-16)14(17)18/h2-3,8,12H,4-7,9H2,1H3,(H,17,18). The highest BCUT2D eigenvalue weighted by molar-refractivity contribution is 6.31. The minimum atomic E-state index is -0.659. The fourth-order valence-corrected chi connectivity index (χ4v) is 2.53. The van der Waals surface area contributed by atoms with Crippen molar-refractivity contribution in [2.45, 2.75) is 26.3 Å². The van der Waals surface area contributed by atoms with E-state index in [1.807, 2.05) is 19.1 Å². The number of benzene rings is 1. The Labute approximate surface area is 112 Å². The largest absolute Gasteiger partial charge is 0.481 e. The number of nitrogens with zero attached hydrogens (tertiary/aromatic N) is 1. The van der Waals surface area contributed by atoms with Crippen LogP contribution in [0.2, 0.25) is 5.02 Å². The molecule has 18 heavy (non-hydrogen) atoms. The van der Waals surface area contributed by atoms with Gasteiger partial charge in [0.2, 0.25) is 0 Å². The van der Waals surface area contributed by atoms with Gasteiger partial charge >= 0.3 is 5.97 Å². The van der Waals surface area contributed by atoms with Crippen molar-refractivity contribution in [2.75, 3.05) is 13.1 Å². The molecule has 1 aliphatic rings. The van der Waals surface area contributed by atoms with Crippen LogP contribution < -0.4 is 0 Å². The van der Waals surface area contributed by atoms with Crippen LogP contribution in [0.1, 0.15) is 24.0 Å². The van der Waals surface area contributed by atoms with E-state index in [1.54, 1.807) is 0 Å². The Hall–Kier alpha value is -1.06. The summed E-state index contributed by atoms with van der Waals surface area (Å²) in [5.74, 6) is -0.823. The van der Waals surface area contributed by atoms with Crippen molar-refractivity contribution in [3.05, 3.63) is 34.3 Å². The van der Waals surface area contributed by atoms with E-state index in [1.165, 1.54) is 5.56 Å². The second kappa shape index (κ2) is 5.72. The Bertz CT molecular complexity index is 439. The number of halogens is 1. The molecule has 3 nitrogen and oxygen atoms in total. The average Bonchev–Trinajstić information content (AvgIpc) is 2.34. The number of carboxylic acids is 1. The van der Waals surface area contributed by atoms with Gasteiger partial charge in [-0.15, -0.1) is 0 Å². The lowest BCUT2D eigenvalue weighted by Gasteiger charge is -2.30. The van der Waals surface area contributed by atoms with Crippen molar-refractivity contribution in [3.8, 4) is 0 Å². The minimum absolute atomic E-state index is 0.164. The minimum Gasteiger partial charge on any atom is -0.481 e. The fourth-order valence-electron chi connectivity index (χ4n) is 2.33. The molecule has 0 saturated carbocycles. The quantitative estimate of drug-likeness (QED) is 0.915. The molecule has 0 unspecified atom stereocenters. The van der Waals surface area contributed by atoms with Crippen LogP contribution in [-0.2, 0) is 11.3 Å². The summed E-state index contributed by atoms with van der Waals surface area (Å²) in [4.78, 5) is 13.2. The second-order valence-electron chi connectivity index (χ2n) is 4.97. The van der Waals surface area contributed by atoms with Crippen molar-refractivity contribution in [3.63, 3.8) is 0 Å². The maximum Gasteiger partial charge on any atom is 0.306 e. The van der Waals surface area contributed by atoms with Gasteiger partial charge in [-0.2, -0.15) is 0 Å². The third kappa shape index (κ3) is 3.24. The highest BCUT2D eigenvalue weighted by Gasteiger charge is 2.24. The van der Waals surface area contributed by atoms with Crippen molar-refractivity contribution < 1.29 is 9.90 Å². The summed E-state index contributed by atoms with van der Waals surface area (Å²) in [6.45, 7) is 4.54. The van der Waals surface area contributed by atoms with Gasteiger partial charge in [0.1, 0.15) is 0 Å². The monoisotopic (exact) mass is 267 g/mol. The predicted octanol–water partition coefficient (Wildman–Crippen LogP) is 2.95. The highest BCUT2D eigenvalue weighted by atomic mass is 35.5. The molecule has 0 aliphatic carbocycles. The number of hydrogen-bond acceptors (Lipinski definition) is 2. The Morgan fingerprint density at radius 2 is 2.11 bits per heavy atom. The fraction of sp³-hybridized carbons (Fsp3) is 0.500. The van der Waals surface area contributed by atoms with Crippen LogP contribution in [0.25, 0.3) is 0 Å². The van der Waals surface area contributed by atoms with Crippen molar-refractivity contribution >= 4 is 17.6 Å². The number of aliphatic carboxylic acids is 1. The number of carbonyl (C=O) groups is 1. The molecule has 1 aliphatic heterocycles. The third-order valence-corrected chi connectivity index (χ3v) is 3.99. The van der Waals surface area contributed by atoms with E-state index in [4.69, 9.17) is 16.7 Å². The number of carboxylic acid groups (broad SMARTS) is 1. The van der Waals surface area contributed by atoms with Crippen LogP contribution in [0.4, 0.5) is 0 Å². The predicted molar refractivity (Wildman–Crippen MR) is 71.8 cm³/mol. The summed E-state index contributed by atoms with van der Waals surface area (Å²) in [7, 11) is 0. The van der Waals surface area contributed by atoms with E-state index in [9.17, 15) is 4.79 Å². The Balaban J connectivity index is 1.91. The molecule has 1 N–H and O–H groups in total. The number of hydrogen-bond donors (Lipinski definition) is 1. The van der Waals surface area contributed by atoms with E-state index < -0.39 is 5.97 Å². The van der Waals surface area contributed by atoms with E-state index in [0.29, 0.717) is 0 Å². The third-order valence-electron chi connectivity index (χ3n) is 3.58. The van der Waals surface area contributed by atoms with Crippen LogP contribution in [0.5, 0.6) is 0 Å². The topological polar surface area (TPSA) is 40.5 Å². The molecule has 1 heterocycles. The SMILES string of the molecule is Cc1ccc(CN2CCC(C(=O)O)CC2)cc1Cl. The Morgan fingerprint density at radius 3 is 2.67 bits per heavy atom. The lowest BCUT2D eigenvalue weighted by molar-refractivity contribution is -0.143. The first-order valence-electron chi connectivity index (χ1n) is 6.26. The van der Waals surface area contributed by atoms with Gasteiger partial charge in [-0.3, -0.25) is 9.69 Å². The van der Waals surface area contributed by atoms with Gasteiger partial charge in [0.05, 0.1) is 5.92 Å². The Morgan fingerprint density at radius 1 is 1.44 bits per heavy atom. The summed E-state index contributed by atoms with van der Waals surface area (Å²) in [5.41, 5.74) is 2.28. The summed E-state index contributed by atoms with van der Waals surface area (Å²) >= 11 is 6.10. The maximum atomic E-state index is 10.9. The molecular weight excluding hydrogens is 250 g/mol.